The number of aromatic amines is 2. The number of allylic oxidation sites excluding steroid dienone is 2. The van der Waals surface area contributed by atoms with Gasteiger partial charge in [-0.15, -0.1) is 0 Å². The average molecular weight is 1030 g/mol. The van der Waals surface area contributed by atoms with Gasteiger partial charge in [-0.3, -0.25) is 28.5 Å². The number of fused-ring (bicyclic) bond motifs is 2. The summed E-state index contributed by atoms with van der Waals surface area (Å²) < 4.78 is 48.6. The molecule has 0 bridgehead atoms. The number of carbonyl (C=O) groups is 4. The Balaban J connectivity index is 1.10. The number of amides is 4. The minimum atomic E-state index is -0.700. The third-order valence-electron chi connectivity index (χ3n) is 12.4. The molecule has 1 aliphatic rings. The molecule has 23 heteroatoms. The second kappa shape index (κ2) is 23.9. The van der Waals surface area contributed by atoms with Gasteiger partial charge in [0.25, 0.3) is 11.8 Å². The lowest BCUT2D eigenvalue weighted by atomic mass is 10.1. The number of rotatable bonds is 22. The Hall–Kier alpha value is -7.96. The van der Waals surface area contributed by atoms with Crippen LogP contribution >= 0.6 is 0 Å². The molecule has 3 aromatic carbocycles. The van der Waals surface area contributed by atoms with Crippen LogP contribution in [0.2, 0.25) is 0 Å². The van der Waals surface area contributed by atoms with E-state index in [2.05, 4.69) is 30.2 Å². The van der Waals surface area contributed by atoms with Gasteiger partial charge in [0.1, 0.15) is 40.0 Å². The Bertz CT molecular complexity index is 3380. The highest BCUT2D eigenvalue weighted by atomic mass is 16.7. The van der Waals surface area contributed by atoms with Gasteiger partial charge in [0, 0.05) is 69.9 Å². The van der Waals surface area contributed by atoms with Crippen molar-refractivity contribution in [1.82, 2.24) is 38.7 Å². The van der Waals surface area contributed by atoms with Gasteiger partial charge in [-0.1, -0.05) is 42.5 Å². The molecule has 4 amide bonds. The molecule has 396 valence electrons. The van der Waals surface area contributed by atoms with Gasteiger partial charge in [0.15, 0.2) is 12.6 Å². The zero-order valence-corrected chi connectivity index (χ0v) is 42.9. The molecule has 1 saturated heterocycles. The summed E-state index contributed by atoms with van der Waals surface area (Å²) in [7, 11) is 4.60. The molecule has 4 atom stereocenters. The predicted molar refractivity (Wildman–Crippen MR) is 273 cm³/mol. The summed E-state index contributed by atoms with van der Waals surface area (Å²) in [6, 6.07) is 19.1. The lowest BCUT2D eigenvalue weighted by Crippen LogP contribution is -2.45. The van der Waals surface area contributed by atoms with E-state index in [1.165, 1.54) is 13.2 Å². The molecule has 0 radical (unpaired) electrons. The Labute approximate surface area is 430 Å². The van der Waals surface area contributed by atoms with Crippen LogP contribution in [0.15, 0.2) is 88.9 Å². The Kier molecular flexibility index (Phi) is 17.0. The van der Waals surface area contributed by atoms with E-state index in [0.717, 1.165) is 5.56 Å². The molecule has 1 fully saturated rings. The maximum Gasteiger partial charge on any atom is 0.298 e. The highest BCUT2D eigenvalue weighted by Gasteiger charge is 2.34. The van der Waals surface area contributed by atoms with E-state index >= 15 is 0 Å². The first-order chi connectivity index (χ1) is 36.2. The number of imidazole rings is 2. The maximum atomic E-state index is 14.0. The number of primary amides is 2. The highest BCUT2D eigenvalue weighted by Crippen LogP contribution is 2.30. The summed E-state index contributed by atoms with van der Waals surface area (Å²) in [5.74, 6) is -1.89. The normalized spacial score (nSPS) is 16.9. The monoisotopic (exact) mass is 1030 g/mol. The summed E-state index contributed by atoms with van der Waals surface area (Å²) in [6.45, 7) is 9.13. The molecular formula is C52H62N12O11. The minimum absolute atomic E-state index is 0.108. The third-order valence-corrected chi connectivity index (χ3v) is 12.4. The van der Waals surface area contributed by atoms with Crippen LogP contribution in [-0.4, -0.2) is 122 Å². The number of aromatic nitrogens is 8. The first-order valence-electron chi connectivity index (χ1n) is 24.4. The molecule has 6 N–H and O–H groups in total. The zero-order chi connectivity index (χ0) is 53.3. The molecule has 23 nitrogen and oxygen atoms in total. The number of ether oxygens (including phenoxy) is 7. The van der Waals surface area contributed by atoms with Gasteiger partial charge in [-0.05, 0) is 64.1 Å². The summed E-state index contributed by atoms with van der Waals surface area (Å²) in [5, 5.41) is 8.84. The van der Waals surface area contributed by atoms with Crippen LogP contribution in [0, 0.1) is 13.8 Å². The number of carbonyl (C=O) groups excluding carboxylic acids is 4. The van der Waals surface area contributed by atoms with Crippen LogP contribution in [0.4, 0.5) is 0 Å². The van der Waals surface area contributed by atoms with Crippen LogP contribution in [0.5, 0.6) is 11.5 Å². The van der Waals surface area contributed by atoms with Gasteiger partial charge >= 0.3 is 0 Å². The Morgan fingerprint density at radius 3 is 1.83 bits per heavy atom. The van der Waals surface area contributed by atoms with Crippen molar-refractivity contribution in [1.29, 1.82) is 0 Å². The molecule has 4 aromatic heterocycles. The van der Waals surface area contributed by atoms with Crippen molar-refractivity contribution in [2.75, 3.05) is 41.2 Å². The van der Waals surface area contributed by atoms with Crippen molar-refractivity contribution in [2.45, 2.75) is 91.5 Å². The topological polar surface area (TPSA) is 287 Å². The largest absolute Gasteiger partial charge is 0.494 e. The van der Waals surface area contributed by atoms with E-state index < -0.39 is 42.3 Å². The van der Waals surface area contributed by atoms with E-state index in [0.29, 0.717) is 70.8 Å². The second-order valence-electron chi connectivity index (χ2n) is 17.6. The number of H-pyrrole nitrogens is 2. The summed E-state index contributed by atoms with van der Waals surface area (Å²) >= 11 is 0. The number of nitrogens with two attached hydrogens (primary N) is 2. The fourth-order valence-corrected chi connectivity index (χ4v) is 8.96. The van der Waals surface area contributed by atoms with Crippen molar-refractivity contribution in [3.05, 3.63) is 130 Å². The average Bonchev–Trinajstić information content (AvgIpc) is 4.18. The fourth-order valence-electron chi connectivity index (χ4n) is 8.96. The molecule has 7 aromatic rings. The number of methoxy groups -OCH3 is 3. The standard InChI is InChI=1S/C52H62N12O11/c1-8-63-38(22-30(3)59-63)47(67)57-51-55-36-24-33(45(53)65)26-40(69-5)43(36)61(51)18-13-14-19-62-44-37(56-52(62)58-48(68)39-23-31(4)60-64(39)9-2)25-34(46(54)66)27-41(44)72-20-15-21-73-42-28-35(29-74-50(42)71-7)75-49(70-6)32-16-11-10-12-17-32/h10-14,16-17,22-27,35,42,49-50H,8-9,15,18-21,28-29H2,1-7H3,(H2,53,65)(H2,54,66)(H,55,57,67)(H,56,58,68)/b14-13+. The van der Waals surface area contributed by atoms with E-state index in [-0.39, 0.29) is 72.8 Å². The molecule has 0 aliphatic carbocycles. The second-order valence-corrected chi connectivity index (χ2v) is 17.6. The number of nitrogens with one attached hydrogen (secondary N) is 2. The summed E-state index contributed by atoms with van der Waals surface area (Å²) in [4.78, 5) is 68.2. The molecular weight excluding hydrogens is 969 g/mol. The van der Waals surface area contributed by atoms with E-state index in [1.807, 2.05) is 56.3 Å². The number of aryl methyl sites for hydroxylation is 4. The van der Waals surface area contributed by atoms with E-state index in [9.17, 15) is 19.2 Å². The first kappa shape index (κ1) is 53.3. The molecule has 5 heterocycles. The van der Waals surface area contributed by atoms with Crippen LogP contribution in [0.3, 0.4) is 0 Å². The van der Waals surface area contributed by atoms with Crippen molar-refractivity contribution < 1.29 is 52.3 Å². The maximum absolute atomic E-state index is 14.0. The SMILES string of the molecule is CCn1nc(C)cc1C(=O)/N=c1/[nH]c2cc(C(N)=O)cc(OC)c2n1C/C=C/Cn1/c(=N/C(=O)c2cc(C)nn2CC)[nH]c2cc(C(N)=O)cc(OCCCOC3CC(OC(OC)c4ccccc4)COC3OC)c21. The van der Waals surface area contributed by atoms with Gasteiger partial charge in [0.2, 0.25) is 23.1 Å². The number of benzene rings is 3. The van der Waals surface area contributed by atoms with Gasteiger partial charge in [0.05, 0.1) is 55.5 Å². The minimum Gasteiger partial charge on any atom is -0.494 e. The van der Waals surface area contributed by atoms with Crippen LogP contribution in [0.1, 0.15) is 91.6 Å². The molecule has 8 rings (SSSR count). The van der Waals surface area contributed by atoms with Crippen molar-refractivity contribution >= 4 is 45.7 Å². The highest BCUT2D eigenvalue weighted by molar-refractivity contribution is 5.99. The third kappa shape index (κ3) is 12.0. The Morgan fingerprint density at radius 1 is 0.773 bits per heavy atom. The van der Waals surface area contributed by atoms with Crippen molar-refractivity contribution in [3.63, 3.8) is 0 Å². The molecule has 4 unspecified atom stereocenters. The zero-order valence-electron chi connectivity index (χ0n) is 42.9. The van der Waals surface area contributed by atoms with Gasteiger partial charge in [-0.2, -0.15) is 20.2 Å². The van der Waals surface area contributed by atoms with Crippen molar-refractivity contribution in [2.24, 2.45) is 21.5 Å². The van der Waals surface area contributed by atoms with Gasteiger partial charge in [-0.25, -0.2) is 0 Å². The fraction of sp³-hybridized carbons (Fsp3) is 0.385. The molecule has 1 aliphatic heterocycles. The smallest absolute Gasteiger partial charge is 0.298 e. The van der Waals surface area contributed by atoms with Crippen molar-refractivity contribution in [3.8, 4) is 11.5 Å². The number of hydrogen-bond acceptors (Lipinski definition) is 13. The molecule has 0 saturated carbocycles. The number of hydrogen-bond donors (Lipinski definition) is 4. The van der Waals surface area contributed by atoms with Crippen LogP contribution < -0.4 is 32.2 Å². The lowest BCUT2D eigenvalue weighted by molar-refractivity contribution is -0.266. The molecule has 75 heavy (non-hydrogen) atoms. The lowest BCUT2D eigenvalue weighted by Gasteiger charge is -2.36. The summed E-state index contributed by atoms with van der Waals surface area (Å²) in [6.07, 6.45) is 2.54. The number of nitrogens with zero attached hydrogens (tertiary/aromatic N) is 8. The predicted octanol–water partition coefficient (Wildman–Crippen LogP) is 4.52. The summed E-state index contributed by atoms with van der Waals surface area (Å²) in [5.41, 5.74) is 16.8. The van der Waals surface area contributed by atoms with E-state index in [4.69, 9.17) is 44.6 Å². The first-order valence-corrected chi connectivity index (χ1v) is 24.4. The van der Waals surface area contributed by atoms with Gasteiger partial charge < -0.3 is 63.7 Å². The quantitative estimate of drug-likeness (QED) is 0.0413. The molecule has 0 spiro atoms. The van der Waals surface area contributed by atoms with E-state index in [1.54, 1.807) is 76.9 Å². The Morgan fingerprint density at radius 2 is 1.32 bits per heavy atom. The van der Waals surface area contributed by atoms with Crippen LogP contribution in [-0.2, 0) is 49.9 Å². The van der Waals surface area contributed by atoms with Crippen LogP contribution in [0.25, 0.3) is 22.1 Å².